The predicted molar refractivity (Wildman–Crippen MR) is 104 cm³/mol. The number of benzene rings is 1. The molecule has 2 aromatic rings. The first-order valence-corrected chi connectivity index (χ1v) is 12.2. The lowest BCUT2D eigenvalue weighted by atomic mass is 9.97. The van der Waals surface area contributed by atoms with Gasteiger partial charge < -0.3 is 0 Å². The molecule has 1 aromatic carbocycles. The van der Waals surface area contributed by atoms with E-state index in [1.807, 2.05) is 0 Å². The Balaban J connectivity index is 2.54. The zero-order valence-corrected chi connectivity index (χ0v) is 17.1. The van der Waals surface area contributed by atoms with Crippen LogP contribution in [0.5, 0.6) is 0 Å². The van der Waals surface area contributed by atoms with Crippen molar-refractivity contribution in [1.82, 2.24) is 0 Å². The Hall–Kier alpha value is -1.41. The van der Waals surface area contributed by atoms with Gasteiger partial charge in [0.05, 0.1) is 8.07 Å². The van der Waals surface area contributed by atoms with Crippen molar-refractivity contribution >= 4 is 13.3 Å². The van der Waals surface area contributed by atoms with Crippen LogP contribution >= 0.6 is 0 Å². The van der Waals surface area contributed by atoms with Crippen LogP contribution < -0.4 is 9.75 Å². The highest BCUT2D eigenvalue weighted by Gasteiger charge is 2.24. The van der Waals surface area contributed by atoms with Crippen LogP contribution in [-0.2, 0) is 13.5 Å². The molecule has 23 heavy (non-hydrogen) atoms. The first-order chi connectivity index (χ1) is 10.6. The molecule has 1 aromatic heterocycles. The summed E-state index contributed by atoms with van der Waals surface area (Å²) in [5.41, 5.74) is 6.94. The standard InChI is InChI=1S/C21H32NSi/c1-15(2)11-18-9-10-19(16(3)12-18)20-13-21(23(6,7)8)17(4)14-22(20)5/h9-10,12-15H,11H2,1-8H3/q+1. The van der Waals surface area contributed by atoms with E-state index in [0.29, 0.717) is 5.92 Å². The van der Waals surface area contributed by atoms with E-state index >= 15 is 0 Å². The van der Waals surface area contributed by atoms with Crippen LogP contribution in [0.15, 0.2) is 30.5 Å². The van der Waals surface area contributed by atoms with Crippen molar-refractivity contribution in [3.05, 3.63) is 47.2 Å². The zero-order valence-electron chi connectivity index (χ0n) is 16.1. The van der Waals surface area contributed by atoms with E-state index in [0.717, 1.165) is 6.42 Å². The van der Waals surface area contributed by atoms with Crippen molar-refractivity contribution in [2.75, 3.05) is 0 Å². The maximum Gasteiger partial charge on any atom is 0.212 e. The third-order valence-electron chi connectivity index (χ3n) is 4.49. The van der Waals surface area contributed by atoms with Crippen LogP contribution in [0, 0.1) is 19.8 Å². The molecule has 1 nitrogen and oxygen atoms in total. The monoisotopic (exact) mass is 326 g/mol. The molecule has 0 bridgehead atoms. The molecule has 0 amide bonds. The van der Waals surface area contributed by atoms with E-state index in [1.54, 1.807) is 5.19 Å². The molecular formula is C21H32NSi+. The largest absolute Gasteiger partial charge is 0.212 e. The fourth-order valence-electron chi connectivity index (χ4n) is 3.47. The second-order valence-corrected chi connectivity index (χ2v) is 13.4. The van der Waals surface area contributed by atoms with Gasteiger partial charge in [0, 0.05) is 17.2 Å². The highest BCUT2D eigenvalue weighted by molar-refractivity contribution is 6.89. The van der Waals surface area contributed by atoms with Gasteiger partial charge in [0.2, 0.25) is 5.69 Å². The van der Waals surface area contributed by atoms with Crippen molar-refractivity contribution < 1.29 is 4.57 Å². The zero-order chi connectivity index (χ0) is 17.4. The summed E-state index contributed by atoms with van der Waals surface area (Å²) in [4.78, 5) is 0. The number of rotatable bonds is 4. The molecule has 0 aliphatic rings. The average Bonchev–Trinajstić information content (AvgIpc) is 2.37. The van der Waals surface area contributed by atoms with Gasteiger partial charge in [-0.05, 0) is 48.6 Å². The minimum Gasteiger partial charge on any atom is -0.201 e. The molecule has 0 radical (unpaired) electrons. The number of hydrogen-bond acceptors (Lipinski definition) is 0. The Morgan fingerprint density at radius 3 is 2.17 bits per heavy atom. The Morgan fingerprint density at radius 1 is 1.00 bits per heavy atom. The van der Waals surface area contributed by atoms with Crippen molar-refractivity contribution in [3.63, 3.8) is 0 Å². The van der Waals surface area contributed by atoms with Gasteiger partial charge in [-0.1, -0.05) is 45.6 Å². The molecule has 0 unspecified atom stereocenters. The molecule has 0 aliphatic carbocycles. The van der Waals surface area contributed by atoms with Gasteiger partial charge in [0.15, 0.2) is 6.20 Å². The summed E-state index contributed by atoms with van der Waals surface area (Å²) in [7, 11) is 0.836. The average molecular weight is 327 g/mol. The smallest absolute Gasteiger partial charge is 0.201 e. The molecule has 0 saturated heterocycles. The highest BCUT2D eigenvalue weighted by atomic mass is 28.3. The molecule has 0 N–H and O–H groups in total. The van der Waals surface area contributed by atoms with E-state index in [1.165, 1.54) is 27.9 Å². The normalized spacial score (nSPS) is 12.0. The van der Waals surface area contributed by atoms with Crippen molar-refractivity contribution in [2.45, 2.75) is 53.8 Å². The van der Waals surface area contributed by atoms with Crippen molar-refractivity contribution in [3.8, 4) is 11.3 Å². The van der Waals surface area contributed by atoms with Crippen LogP contribution in [0.1, 0.15) is 30.5 Å². The number of aromatic nitrogens is 1. The highest BCUT2D eigenvalue weighted by Crippen LogP contribution is 2.23. The number of pyridine rings is 1. The van der Waals surface area contributed by atoms with E-state index < -0.39 is 8.07 Å². The summed E-state index contributed by atoms with van der Waals surface area (Å²) in [6.45, 7) is 16.3. The number of nitrogens with zero attached hydrogens (tertiary/aromatic N) is 1. The van der Waals surface area contributed by atoms with Gasteiger partial charge in [-0.15, -0.1) is 0 Å². The molecule has 0 atom stereocenters. The second kappa shape index (κ2) is 6.60. The fourth-order valence-corrected chi connectivity index (χ4v) is 5.29. The van der Waals surface area contributed by atoms with Crippen molar-refractivity contribution in [1.29, 1.82) is 0 Å². The third kappa shape index (κ3) is 4.11. The van der Waals surface area contributed by atoms with E-state index in [-0.39, 0.29) is 0 Å². The Bertz CT molecular complexity index is 709. The third-order valence-corrected chi connectivity index (χ3v) is 6.65. The van der Waals surface area contributed by atoms with Gasteiger partial charge >= 0.3 is 0 Å². The number of aryl methyl sites for hydroxylation is 3. The molecule has 2 heteroatoms. The maximum absolute atomic E-state index is 2.44. The summed E-state index contributed by atoms with van der Waals surface area (Å²) in [6, 6.07) is 9.41. The topological polar surface area (TPSA) is 3.88 Å². The summed E-state index contributed by atoms with van der Waals surface area (Å²) in [6.07, 6.45) is 3.45. The first kappa shape index (κ1) is 17.9. The molecule has 2 rings (SSSR count). The molecule has 0 aliphatic heterocycles. The lowest BCUT2D eigenvalue weighted by Gasteiger charge is -2.19. The van der Waals surface area contributed by atoms with E-state index in [4.69, 9.17) is 0 Å². The Kier molecular flexibility index (Phi) is 5.15. The van der Waals surface area contributed by atoms with Crippen LogP contribution in [-0.4, -0.2) is 8.07 Å². The number of hydrogen-bond donors (Lipinski definition) is 0. The molecule has 0 spiro atoms. The van der Waals surface area contributed by atoms with Gasteiger partial charge in [0.1, 0.15) is 7.05 Å². The lowest BCUT2D eigenvalue weighted by Crippen LogP contribution is -2.44. The summed E-state index contributed by atoms with van der Waals surface area (Å²) >= 11 is 0. The van der Waals surface area contributed by atoms with Gasteiger partial charge in [-0.3, -0.25) is 0 Å². The van der Waals surface area contributed by atoms with Crippen molar-refractivity contribution in [2.24, 2.45) is 13.0 Å². The fraction of sp³-hybridized carbons (Fsp3) is 0.476. The minimum absolute atomic E-state index is 0.703. The Morgan fingerprint density at radius 2 is 1.65 bits per heavy atom. The summed E-state index contributed by atoms with van der Waals surface area (Å²) in [5, 5.41) is 1.57. The van der Waals surface area contributed by atoms with Crippen LogP contribution in [0.2, 0.25) is 19.6 Å². The van der Waals surface area contributed by atoms with E-state index in [2.05, 4.69) is 89.4 Å². The Labute approximate surface area is 143 Å². The van der Waals surface area contributed by atoms with Crippen LogP contribution in [0.25, 0.3) is 11.3 Å². The van der Waals surface area contributed by atoms with Gasteiger partial charge in [0.25, 0.3) is 0 Å². The maximum atomic E-state index is 2.44. The predicted octanol–water partition coefficient (Wildman–Crippen LogP) is 4.54. The van der Waals surface area contributed by atoms with Gasteiger partial charge in [-0.25, -0.2) is 4.57 Å². The summed E-state index contributed by atoms with van der Waals surface area (Å²) < 4.78 is 2.28. The van der Waals surface area contributed by atoms with Crippen LogP contribution in [0.4, 0.5) is 0 Å². The molecule has 0 saturated carbocycles. The molecule has 124 valence electrons. The van der Waals surface area contributed by atoms with Crippen LogP contribution in [0.3, 0.4) is 0 Å². The minimum atomic E-state index is -1.33. The molecule has 0 fully saturated rings. The molecule has 1 heterocycles. The molecular weight excluding hydrogens is 294 g/mol. The first-order valence-electron chi connectivity index (χ1n) is 8.70. The summed E-state index contributed by atoms with van der Waals surface area (Å²) in [5.74, 6) is 0.703. The van der Waals surface area contributed by atoms with E-state index in [9.17, 15) is 0 Å². The van der Waals surface area contributed by atoms with Gasteiger partial charge in [-0.2, -0.15) is 0 Å². The second-order valence-electron chi connectivity index (χ2n) is 8.36. The lowest BCUT2D eigenvalue weighted by molar-refractivity contribution is -0.660. The SMILES string of the molecule is Cc1cc(CC(C)C)ccc1-c1cc([Si](C)(C)C)c(C)c[n+]1C. The quantitative estimate of drug-likeness (QED) is 0.574.